The summed E-state index contributed by atoms with van der Waals surface area (Å²) in [7, 11) is 0. The molecule has 2 N–H and O–H groups in total. The van der Waals surface area contributed by atoms with E-state index < -0.39 is 0 Å². The second-order valence-electron chi connectivity index (χ2n) is 6.86. The molecule has 0 saturated heterocycles. The molecule has 3 aromatic carbocycles. The normalized spacial score (nSPS) is 10.7. The van der Waals surface area contributed by atoms with Gasteiger partial charge in [-0.1, -0.05) is 54.6 Å². The Hall–Kier alpha value is -2.92. The Balaban J connectivity index is 1.51. The Morgan fingerprint density at radius 1 is 1.00 bits per heavy atom. The Morgan fingerprint density at radius 3 is 2.46 bits per heavy atom. The van der Waals surface area contributed by atoms with Gasteiger partial charge in [-0.3, -0.25) is 4.79 Å². The largest absolute Gasteiger partial charge is 0.491 e. The van der Waals surface area contributed by atoms with Crippen molar-refractivity contribution in [1.29, 1.82) is 0 Å². The van der Waals surface area contributed by atoms with E-state index in [1.165, 1.54) is 0 Å². The standard InChI is InChI=1S/C23H24N2O2S/c1-16(2)27-20-12-10-17(11-13-20)15-24-23(28)25-22(26)14-19-8-5-7-18-6-3-4-9-21(18)19/h3-13,16H,14-15H2,1-2H3,(H2,24,25,26,28). The van der Waals surface area contributed by atoms with Crippen molar-refractivity contribution in [2.75, 3.05) is 0 Å². The summed E-state index contributed by atoms with van der Waals surface area (Å²) in [6.07, 6.45) is 0.429. The summed E-state index contributed by atoms with van der Waals surface area (Å²) in [6, 6.07) is 21.8. The van der Waals surface area contributed by atoms with Gasteiger partial charge in [0.2, 0.25) is 5.91 Å². The van der Waals surface area contributed by atoms with Gasteiger partial charge in [0.25, 0.3) is 0 Å². The van der Waals surface area contributed by atoms with E-state index in [0.717, 1.165) is 27.6 Å². The molecule has 144 valence electrons. The summed E-state index contributed by atoms with van der Waals surface area (Å²) in [5, 5.41) is 8.37. The molecule has 0 heterocycles. The summed E-state index contributed by atoms with van der Waals surface area (Å²) < 4.78 is 5.63. The van der Waals surface area contributed by atoms with Crippen LogP contribution in [-0.2, 0) is 17.8 Å². The Bertz CT molecular complexity index is 963. The predicted molar refractivity (Wildman–Crippen MR) is 117 cm³/mol. The van der Waals surface area contributed by atoms with Gasteiger partial charge in [0, 0.05) is 6.54 Å². The van der Waals surface area contributed by atoms with Crippen molar-refractivity contribution < 1.29 is 9.53 Å². The fraction of sp³-hybridized carbons (Fsp3) is 0.217. The fourth-order valence-electron chi connectivity index (χ4n) is 2.98. The van der Waals surface area contributed by atoms with E-state index >= 15 is 0 Å². The molecule has 4 nitrogen and oxygen atoms in total. The number of fused-ring (bicyclic) bond motifs is 1. The summed E-state index contributed by atoms with van der Waals surface area (Å²) in [6.45, 7) is 4.53. The quantitative estimate of drug-likeness (QED) is 0.612. The molecule has 0 fully saturated rings. The fourth-order valence-corrected chi connectivity index (χ4v) is 3.16. The van der Waals surface area contributed by atoms with Gasteiger partial charge in [-0.2, -0.15) is 0 Å². The maximum Gasteiger partial charge on any atom is 0.230 e. The van der Waals surface area contributed by atoms with E-state index in [4.69, 9.17) is 17.0 Å². The number of thiocarbonyl (C=S) groups is 1. The highest BCUT2D eigenvalue weighted by molar-refractivity contribution is 7.80. The van der Waals surface area contributed by atoms with Crippen LogP contribution in [0.3, 0.4) is 0 Å². The predicted octanol–water partition coefficient (Wildman–Crippen LogP) is 4.36. The number of benzene rings is 3. The van der Waals surface area contributed by atoms with Gasteiger partial charge >= 0.3 is 0 Å². The summed E-state index contributed by atoms with van der Waals surface area (Å²) in [5.74, 6) is 0.708. The SMILES string of the molecule is CC(C)Oc1ccc(CNC(=S)NC(=O)Cc2cccc3ccccc23)cc1. The average Bonchev–Trinajstić information content (AvgIpc) is 2.67. The first-order chi connectivity index (χ1) is 13.5. The molecule has 0 unspecified atom stereocenters. The van der Waals surface area contributed by atoms with Crippen molar-refractivity contribution in [1.82, 2.24) is 10.6 Å². The molecule has 1 amide bonds. The van der Waals surface area contributed by atoms with Crippen LogP contribution in [0.1, 0.15) is 25.0 Å². The van der Waals surface area contributed by atoms with Crippen LogP contribution in [0.15, 0.2) is 66.7 Å². The number of hydrogen-bond acceptors (Lipinski definition) is 3. The third-order valence-corrected chi connectivity index (χ3v) is 4.48. The lowest BCUT2D eigenvalue weighted by molar-refractivity contribution is -0.119. The number of ether oxygens (including phenoxy) is 1. The zero-order valence-corrected chi connectivity index (χ0v) is 16.9. The van der Waals surface area contributed by atoms with E-state index in [0.29, 0.717) is 11.7 Å². The van der Waals surface area contributed by atoms with E-state index in [1.54, 1.807) is 0 Å². The summed E-state index contributed by atoms with van der Waals surface area (Å²) in [4.78, 5) is 12.4. The zero-order chi connectivity index (χ0) is 19.9. The number of hydrogen-bond donors (Lipinski definition) is 2. The van der Waals surface area contributed by atoms with Crippen molar-refractivity contribution >= 4 is 34.0 Å². The van der Waals surface area contributed by atoms with Crippen LogP contribution < -0.4 is 15.4 Å². The van der Waals surface area contributed by atoms with Crippen molar-refractivity contribution in [3.8, 4) is 5.75 Å². The zero-order valence-electron chi connectivity index (χ0n) is 16.1. The first-order valence-electron chi connectivity index (χ1n) is 9.31. The van der Waals surface area contributed by atoms with Crippen LogP contribution in [0, 0.1) is 0 Å². The van der Waals surface area contributed by atoms with Crippen LogP contribution in [-0.4, -0.2) is 17.1 Å². The number of carbonyl (C=O) groups excluding carboxylic acids is 1. The molecule has 0 atom stereocenters. The molecule has 0 aliphatic heterocycles. The molecule has 0 aromatic heterocycles. The summed E-state index contributed by atoms with van der Waals surface area (Å²) in [5.41, 5.74) is 2.04. The minimum atomic E-state index is -0.130. The van der Waals surface area contributed by atoms with Gasteiger partial charge in [-0.15, -0.1) is 0 Å². The number of rotatable bonds is 6. The van der Waals surface area contributed by atoms with Crippen molar-refractivity contribution in [2.24, 2.45) is 0 Å². The molecule has 0 spiro atoms. The minimum Gasteiger partial charge on any atom is -0.491 e. The molecule has 3 rings (SSSR count). The number of amides is 1. The topological polar surface area (TPSA) is 50.4 Å². The Kier molecular flexibility index (Phi) is 6.61. The average molecular weight is 393 g/mol. The van der Waals surface area contributed by atoms with E-state index in [-0.39, 0.29) is 18.4 Å². The molecule has 0 aliphatic carbocycles. The first-order valence-corrected chi connectivity index (χ1v) is 9.72. The number of carbonyl (C=O) groups is 1. The molecule has 0 aliphatic rings. The van der Waals surface area contributed by atoms with Crippen LogP contribution in [0.4, 0.5) is 0 Å². The smallest absolute Gasteiger partial charge is 0.230 e. The van der Waals surface area contributed by atoms with E-state index in [1.807, 2.05) is 80.6 Å². The third-order valence-electron chi connectivity index (χ3n) is 4.23. The lowest BCUT2D eigenvalue weighted by Crippen LogP contribution is -2.39. The summed E-state index contributed by atoms with van der Waals surface area (Å²) >= 11 is 5.26. The highest BCUT2D eigenvalue weighted by Gasteiger charge is 2.08. The monoisotopic (exact) mass is 392 g/mol. The highest BCUT2D eigenvalue weighted by Crippen LogP contribution is 2.19. The van der Waals surface area contributed by atoms with Gasteiger partial charge in [-0.05, 0) is 60.1 Å². The Labute approximate surface area is 170 Å². The van der Waals surface area contributed by atoms with Crippen LogP contribution in [0.5, 0.6) is 5.75 Å². The molecule has 3 aromatic rings. The van der Waals surface area contributed by atoms with Gasteiger partial charge in [0.05, 0.1) is 12.5 Å². The molecule has 0 bridgehead atoms. The lowest BCUT2D eigenvalue weighted by atomic mass is 10.0. The minimum absolute atomic E-state index is 0.130. The molecular weight excluding hydrogens is 368 g/mol. The van der Waals surface area contributed by atoms with E-state index in [2.05, 4.69) is 10.6 Å². The molecule has 0 radical (unpaired) electrons. The molecule has 0 saturated carbocycles. The van der Waals surface area contributed by atoms with Crippen LogP contribution in [0.25, 0.3) is 10.8 Å². The third kappa shape index (κ3) is 5.54. The first kappa shape index (κ1) is 19.8. The van der Waals surface area contributed by atoms with Crippen LogP contribution >= 0.6 is 12.2 Å². The molecule has 5 heteroatoms. The van der Waals surface area contributed by atoms with Gasteiger partial charge < -0.3 is 15.4 Å². The van der Waals surface area contributed by atoms with Gasteiger partial charge in [0.1, 0.15) is 5.75 Å². The lowest BCUT2D eigenvalue weighted by Gasteiger charge is -2.12. The van der Waals surface area contributed by atoms with Crippen molar-refractivity contribution in [2.45, 2.75) is 32.9 Å². The molecule has 28 heavy (non-hydrogen) atoms. The van der Waals surface area contributed by atoms with Crippen molar-refractivity contribution in [3.05, 3.63) is 77.9 Å². The van der Waals surface area contributed by atoms with E-state index in [9.17, 15) is 4.79 Å². The maximum absolute atomic E-state index is 12.4. The van der Waals surface area contributed by atoms with Gasteiger partial charge in [0.15, 0.2) is 5.11 Å². The maximum atomic E-state index is 12.4. The van der Waals surface area contributed by atoms with Crippen molar-refractivity contribution in [3.63, 3.8) is 0 Å². The second-order valence-corrected chi connectivity index (χ2v) is 7.26. The Morgan fingerprint density at radius 2 is 1.71 bits per heavy atom. The molecular formula is C23H24N2O2S. The second kappa shape index (κ2) is 9.33. The highest BCUT2D eigenvalue weighted by atomic mass is 32.1. The van der Waals surface area contributed by atoms with Crippen LogP contribution in [0.2, 0.25) is 0 Å². The van der Waals surface area contributed by atoms with Gasteiger partial charge in [-0.25, -0.2) is 0 Å². The number of nitrogens with one attached hydrogen (secondary N) is 2.